The largest absolute Gasteiger partial charge is 0.462 e. The molecular weight excluding hydrogens is 697 g/mol. The van der Waals surface area contributed by atoms with Crippen LogP contribution in [0, 0.1) is 0 Å². The van der Waals surface area contributed by atoms with Crippen molar-refractivity contribution in [3.8, 4) is 0 Å². The lowest BCUT2D eigenvalue weighted by Crippen LogP contribution is -2.30. The third-order valence-corrected chi connectivity index (χ3v) is 10.4. The summed E-state index contributed by atoms with van der Waals surface area (Å²) < 4.78 is 16.7. The molecule has 0 amide bonds. The van der Waals surface area contributed by atoms with Crippen LogP contribution >= 0.6 is 0 Å². The lowest BCUT2D eigenvalue weighted by atomic mass is 10.1. The Morgan fingerprint density at radius 1 is 0.357 bits per heavy atom. The van der Waals surface area contributed by atoms with Gasteiger partial charge in [0.25, 0.3) is 0 Å². The van der Waals surface area contributed by atoms with Crippen molar-refractivity contribution in [2.45, 2.75) is 252 Å². The fourth-order valence-electron chi connectivity index (χ4n) is 6.71. The maximum Gasteiger partial charge on any atom is 0.306 e. The number of rotatable bonds is 43. The average molecular weight is 787 g/mol. The molecule has 0 aromatic heterocycles. The highest BCUT2D eigenvalue weighted by Crippen LogP contribution is 2.14. The normalized spacial score (nSPS) is 12.3. The van der Waals surface area contributed by atoms with Crippen LogP contribution in [0.1, 0.15) is 245 Å². The van der Waals surface area contributed by atoms with E-state index in [1.54, 1.807) is 0 Å². The first kappa shape index (κ1) is 53.6. The van der Waals surface area contributed by atoms with Crippen molar-refractivity contribution in [2.75, 3.05) is 13.2 Å². The van der Waals surface area contributed by atoms with Gasteiger partial charge < -0.3 is 14.2 Å². The minimum Gasteiger partial charge on any atom is -0.462 e. The van der Waals surface area contributed by atoms with E-state index in [-0.39, 0.29) is 31.1 Å². The number of allylic oxidation sites excluding steroid dienone is 6. The van der Waals surface area contributed by atoms with Gasteiger partial charge in [-0.2, -0.15) is 0 Å². The predicted octanol–water partition coefficient (Wildman–Crippen LogP) is 15.4. The van der Waals surface area contributed by atoms with Crippen LogP contribution in [-0.4, -0.2) is 37.2 Å². The Hall–Kier alpha value is -2.37. The molecule has 0 radical (unpaired) electrons. The Bertz CT molecular complexity index is 953. The van der Waals surface area contributed by atoms with Crippen LogP contribution in [0.2, 0.25) is 0 Å². The number of unbranched alkanes of at least 4 members (excludes halogenated alkanes) is 27. The van der Waals surface area contributed by atoms with Crippen molar-refractivity contribution >= 4 is 17.9 Å². The molecule has 1 unspecified atom stereocenters. The molecule has 0 rings (SSSR count). The minimum atomic E-state index is -0.778. The van der Waals surface area contributed by atoms with Crippen molar-refractivity contribution in [1.29, 1.82) is 0 Å². The predicted molar refractivity (Wildman–Crippen MR) is 238 cm³/mol. The molecule has 0 spiro atoms. The third-order valence-electron chi connectivity index (χ3n) is 10.4. The highest BCUT2D eigenvalue weighted by Gasteiger charge is 2.19. The summed E-state index contributed by atoms with van der Waals surface area (Å²) in [5.74, 6) is -0.908. The van der Waals surface area contributed by atoms with Crippen LogP contribution in [-0.2, 0) is 28.6 Å². The van der Waals surface area contributed by atoms with E-state index in [0.717, 1.165) is 96.3 Å². The Morgan fingerprint density at radius 3 is 1.05 bits per heavy atom. The van der Waals surface area contributed by atoms with Crippen molar-refractivity contribution in [1.82, 2.24) is 0 Å². The summed E-state index contributed by atoms with van der Waals surface area (Å²) >= 11 is 0. The van der Waals surface area contributed by atoms with Crippen LogP contribution in [0.15, 0.2) is 36.5 Å². The summed E-state index contributed by atoms with van der Waals surface area (Å²) in [6.45, 7) is 6.55. The maximum atomic E-state index is 12.7. The lowest BCUT2D eigenvalue weighted by Gasteiger charge is -2.18. The molecule has 0 aromatic carbocycles. The summed E-state index contributed by atoms with van der Waals surface area (Å²) in [5, 5.41) is 0. The van der Waals surface area contributed by atoms with E-state index in [4.69, 9.17) is 14.2 Å². The van der Waals surface area contributed by atoms with Gasteiger partial charge in [0.1, 0.15) is 13.2 Å². The molecule has 0 aliphatic heterocycles. The van der Waals surface area contributed by atoms with E-state index in [1.807, 2.05) is 0 Å². The zero-order valence-corrected chi connectivity index (χ0v) is 37.2. The monoisotopic (exact) mass is 787 g/mol. The van der Waals surface area contributed by atoms with Gasteiger partial charge in [-0.05, 0) is 64.2 Å². The number of carbonyl (C=O) groups excluding carboxylic acids is 3. The van der Waals surface area contributed by atoms with Gasteiger partial charge in [0.05, 0.1) is 0 Å². The fraction of sp³-hybridized carbons (Fsp3) is 0.820. The molecule has 326 valence electrons. The average Bonchev–Trinajstić information content (AvgIpc) is 3.19. The van der Waals surface area contributed by atoms with Crippen LogP contribution < -0.4 is 0 Å². The van der Waals surface area contributed by atoms with Gasteiger partial charge in [-0.25, -0.2) is 0 Å². The summed E-state index contributed by atoms with van der Waals surface area (Å²) in [4.78, 5) is 37.7. The summed E-state index contributed by atoms with van der Waals surface area (Å²) in [6, 6.07) is 0. The van der Waals surface area contributed by atoms with Gasteiger partial charge in [-0.3, -0.25) is 14.4 Å². The molecule has 6 heteroatoms. The Labute approximate surface area is 346 Å². The smallest absolute Gasteiger partial charge is 0.306 e. The Balaban J connectivity index is 4.33. The van der Waals surface area contributed by atoms with E-state index in [1.165, 1.54) is 109 Å². The number of ether oxygens (including phenoxy) is 3. The Kier molecular flexibility index (Phi) is 43.4. The molecule has 6 nitrogen and oxygen atoms in total. The number of hydrogen-bond donors (Lipinski definition) is 0. The molecule has 0 bridgehead atoms. The van der Waals surface area contributed by atoms with Crippen molar-refractivity contribution < 1.29 is 28.6 Å². The lowest BCUT2D eigenvalue weighted by molar-refractivity contribution is -0.167. The van der Waals surface area contributed by atoms with Crippen molar-refractivity contribution in [2.24, 2.45) is 0 Å². The van der Waals surface area contributed by atoms with E-state index in [9.17, 15) is 14.4 Å². The first-order valence-corrected chi connectivity index (χ1v) is 24.0. The summed E-state index contributed by atoms with van der Waals surface area (Å²) in [7, 11) is 0. The van der Waals surface area contributed by atoms with Gasteiger partial charge in [-0.15, -0.1) is 0 Å². The number of hydrogen-bond acceptors (Lipinski definition) is 6. The van der Waals surface area contributed by atoms with Crippen LogP contribution in [0.3, 0.4) is 0 Å². The summed E-state index contributed by atoms with van der Waals surface area (Å²) in [6.07, 6.45) is 51.3. The minimum absolute atomic E-state index is 0.0799. The first-order valence-electron chi connectivity index (χ1n) is 24.0. The van der Waals surface area contributed by atoms with Crippen LogP contribution in [0.4, 0.5) is 0 Å². The molecular formula is C50H90O6. The second kappa shape index (κ2) is 45.3. The molecule has 56 heavy (non-hydrogen) atoms. The zero-order valence-electron chi connectivity index (χ0n) is 37.2. The molecule has 0 saturated heterocycles. The second-order valence-electron chi connectivity index (χ2n) is 16.0. The molecule has 0 fully saturated rings. The zero-order chi connectivity index (χ0) is 40.8. The molecule has 0 aromatic rings. The van der Waals surface area contributed by atoms with Crippen molar-refractivity contribution in [3.63, 3.8) is 0 Å². The van der Waals surface area contributed by atoms with Gasteiger partial charge in [-0.1, -0.05) is 198 Å². The number of esters is 3. The quantitative estimate of drug-likeness (QED) is 0.0201. The molecule has 0 saturated carbocycles. The molecule has 0 N–H and O–H groups in total. The topological polar surface area (TPSA) is 78.9 Å². The fourth-order valence-corrected chi connectivity index (χ4v) is 6.71. The molecule has 0 aliphatic carbocycles. The number of carbonyl (C=O) groups is 3. The van der Waals surface area contributed by atoms with Crippen LogP contribution in [0.5, 0.6) is 0 Å². The SMILES string of the molecule is CCCC/C=C\CCCCCCC(=O)OC(COC(=O)CCCCCCC/C=C\C=C/CCCCCCCCC)COC(=O)CCCCCCCCCCCC. The van der Waals surface area contributed by atoms with E-state index >= 15 is 0 Å². The second-order valence-corrected chi connectivity index (χ2v) is 16.0. The van der Waals surface area contributed by atoms with Gasteiger partial charge in [0.2, 0.25) is 0 Å². The van der Waals surface area contributed by atoms with Gasteiger partial charge in [0.15, 0.2) is 6.10 Å². The third kappa shape index (κ3) is 42.8. The van der Waals surface area contributed by atoms with E-state index in [0.29, 0.717) is 19.3 Å². The van der Waals surface area contributed by atoms with Crippen LogP contribution in [0.25, 0.3) is 0 Å². The Morgan fingerprint density at radius 2 is 0.661 bits per heavy atom. The first-order chi connectivity index (χ1) is 27.5. The highest BCUT2D eigenvalue weighted by molar-refractivity contribution is 5.71. The molecule has 0 aliphatic rings. The van der Waals surface area contributed by atoms with Gasteiger partial charge in [0, 0.05) is 19.3 Å². The molecule has 1 atom stereocenters. The van der Waals surface area contributed by atoms with E-state index in [2.05, 4.69) is 57.2 Å². The maximum absolute atomic E-state index is 12.7. The van der Waals surface area contributed by atoms with Crippen molar-refractivity contribution in [3.05, 3.63) is 36.5 Å². The summed E-state index contributed by atoms with van der Waals surface area (Å²) in [5.41, 5.74) is 0. The van der Waals surface area contributed by atoms with E-state index < -0.39 is 6.10 Å². The van der Waals surface area contributed by atoms with Gasteiger partial charge >= 0.3 is 17.9 Å². The molecule has 0 heterocycles. The highest BCUT2D eigenvalue weighted by atomic mass is 16.6. The standard InChI is InChI=1S/C50H90O6/c1-4-7-10-13-16-19-22-23-24-25-26-27-28-29-32-34-37-40-43-49(52)55-46-47(56-50(53)44-41-38-35-31-21-18-15-12-9-6-3)45-54-48(51)42-39-36-33-30-20-17-14-11-8-5-2/h15,18,24-27,47H,4-14,16-17,19-23,28-46H2,1-3H3/b18-15-,25-24-,27-26-.